The highest BCUT2D eigenvalue weighted by Crippen LogP contribution is 2.30. The summed E-state index contributed by atoms with van der Waals surface area (Å²) in [5, 5.41) is 13.9. The van der Waals surface area contributed by atoms with Crippen LogP contribution in [0.25, 0.3) is 0 Å². The van der Waals surface area contributed by atoms with Crippen LogP contribution in [0.3, 0.4) is 0 Å². The van der Waals surface area contributed by atoms with Crippen LogP contribution in [0, 0.1) is 10.1 Å². The van der Waals surface area contributed by atoms with Gasteiger partial charge in [-0.1, -0.05) is 0 Å². The minimum Gasteiger partial charge on any atom is -0.367 e. The maximum absolute atomic E-state index is 12.1. The van der Waals surface area contributed by atoms with Crippen LogP contribution in [-0.2, 0) is 4.79 Å². The van der Waals surface area contributed by atoms with Crippen LogP contribution in [-0.4, -0.2) is 59.4 Å². The molecule has 1 saturated heterocycles. The Kier molecular flexibility index (Phi) is 4.51. The van der Waals surface area contributed by atoms with Gasteiger partial charge in [0.2, 0.25) is 17.5 Å². The van der Waals surface area contributed by atoms with Gasteiger partial charge in [0.15, 0.2) is 0 Å². The number of likely N-dealkylation sites (tertiary alicyclic amines) is 1. The van der Waals surface area contributed by atoms with Crippen LogP contribution in [0.15, 0.2) is 6.33 Å². The van der Waals surface area contributed by atoms with Gasteiger partial charge >= 0.3 is 5.69 Å². The molecule has 0 spiro atoms. The quantitative estimate of drug-likeness (QED) is 0.622. The van der Waals surface area contributed by atoms with Crippen molar-refractivity contribution in [3.63, 3.8) is 0 Å². The average Bonchev–Trinajstić information content (AvgIpc) is 3.00. The summed E-state index contributed by atoms with van der Waals surface area (Å²) in [6, 6.07) is 0. The number of carbonyl (C=O) groups is 1. The second-order valence-corrected chi connectivity index (χ2v) is 4.85. The molecule has 114 valence electrons. The van der Waals surface area contributed by atoms with E-state index < -0.39 is 4.92 Å². The number of aromatic nitrogens is 2. The third kappa shape index (κ3) is 3.18. The first-order chi connectivity index (χ1) is 10.0. The minimum atomic E-state index is -0.544. The van der Waals surface area contributed by atoms with Gasteiger partial charge in [0, 0.05) is 27.2 Å². The maximum atomic E-state index is 12.1. The molecule has 1 fully saturated rings. The first-order valence-electron chi connectivity index (χ1n) is 6.70. The Morgan fingerprint density at radius 2 is 2.14 bits per heavy atom. The van der Waals surface area contributed by atoms with E-state index in [1.807, 2.05) is 0 Å². The molecule has 0 atom stereocenters. The molecule has 0 aliphatic carbocycles. The first kappa shape index (κ1) is 14.9. The Labute approximate surface area is 122 Å². The number of likely N-dealkylation sites (N-methyl/N-ethyl adjacent to an activating group) is 1. The zero-order valence-electron chi connectivity index (χ0n) is 12.1. The third-order valence-corrected chi connectivity index (χ3v) is 3.42. The number of hydrogen-bond acceptors (Lipinski definition) is 7. The summed E-state index contributed by atoms with van der Waals surface area (Å²) in [6.45, 7) is 1.56. The van der Waals surface area contributed by atoms with Crippen molar-refractivity contribution < 1.29 is 9.72 Å². The zero-order chi connectivity index (χ0) is 15.4. The van der Waals surface area contributed by atoms with E-state index in [0.29, 0.717) is 0 Å². The SMILES string of the molecule is CNc1ncnc(N(C)CC(=O)N2CCCC2)c1[N+](=O)[O-]. The molecule has 1 aliphatic heterocycles. The Morgan fingerprint density at radius 3 is 2.71 bits per heavy atom. The molecule has 2 heterocycles. The Morgan fingerprint density at radius 1 is 1.48 bits per heavy atom. The van der Waals surface area contributed by atoms with Gasteiger partial charge in [-0.2, -0.15) is 0 Å². The molecule has 1 N–H and O–H groups in total. The van der Waals surface area contributed by atoms with Crippen molar-refractivity contribution in [2.75, 3.05) is 43.9 Å². The number of hydrogen-bond donors (Lipinski definition) is 1. The molecule has 0 bridgehead atoms. The highest BCUT2D eigenvalue weighted by atomic mass is 16.6. The van der Waals surface area contributed by atoms with Gasteiger partial charge in [-0.25, -0.2) is 9.97 Å². The standard InChI is InChI=1S/C12H18N6O3/c1-13-11-10(18(20)21)12(15-8-14-11)16(2)7-9(19)17-5-3-4-6-17/h8H,3-7H2,1-2H3,(H,13,14,15). The number of nitrogens with one attached hydrogen (secondary N) is 1. The predicted molar refractivity (Wildman–Crippen MR) is 77.3 cm³/mol. The molecule has 1 aromatic heterocycles. The molecule has 9 heteroatoms. The van der Waals surface area contributed by atoms with Crippen LogP contribution in [0.2, 0.25) is 0 Å². The van der Waals surface area contributed by atoms with Crippen molar-refractivity contribution in [3.05, 3.63) is 16.4 Å². The topological polar surface area (TPSA) is 104 Å². The molecule has 0 saturated carbocycles. The molecule has 2 rings (SSSR count). The molecular weight excluding hydrogens is 276 g/mol. The summed E-state index contributed by atoms with van der Waals surface area (Å²) in [6.07, 6.45) is 3.25. The van der Waals surface area contributed by atoms with Crippen molar-refractivity contribution in [2.45, 2.75) is 12.8 Å². The molecule has 21 heavy (non-hydrogen) atoms. The van der Waals surface area contributed by atoms with Crippen molar-refractivity contribution in [3.8, 4) is 0 Å². The van der Waals surface area contributed by atoms with Gasteiger partial charge < -0.3 is 15.1 Å². The van der Waals surface area contributed by atoms with Crippen LogP contribution in [0.5, 0.6) is 0 Å². The fraction of sp³-hybridized carbons (Fsp3) is 0.583. The van der Waals surface area contributed by atoms with E-state index in [2.05, 4.69) is 15.3 Å². The van der Waals surface area contributed by atoms with E-state index in [1.54, 1.807) is 19.0 Å². The molecule has 1 amide bonds. The van der Waals surface area contributed by atoms with Gasteiger partial charge in [-0.3, -0.25) is 14.9 Å². The van der Waals surface area contributed by atoms with E-state index in [9.17, 15) is 14.9 Å². The predicted octanol–water partition coefficient (Wildman–Crippen LogP) is 0.485. The number of amides is 1. The lowest BCUT2D eigenvalue weighted by Gasteiger charge is -2.22. The summed E-state index contributed by atoms with van der Waals surface area (Å²) in [5.41, 5.74) is -0.225. The smallest absolute Gasteiger partial charge is 0.353 e. The Balaban J connectivity index is 2.20. The van der Waals surface area contributed by atoms with Crippen molar-refractivity contribution in [1.82, 2.24) is 14.9 Å². The molecule has 1 aliphatic rings. The largest absolute Gasteiger partial charge is 0.367 e. The minimum absolute atomic E-state index is 0.0473. The van der Waals surface area contributed by atoms with E-state index in [1.165, 1.54) is 11.2 Å². The van der Waals surface area contributed by atoms with Crippen LogP contribution in [0.4, 0.5) is 17.3 Å². The summed E-state index contributed by atoms with van der Waals surface area (Å²) in [5.74, 6) is 0.214. The van der Waals surface area contributed by atoms with Crippen molar-refractivity contribution in [1.29, 1.82) is 0 Å². The van der Waals surface area contributed by atoms with E-state index in [0.717, 1.165) is 25.9 Å². The Bertz CT molecular complexity index is 544. The highest BCUT2D eigenvalue weighted by Gasteiger charge is 2.27. The average molecular weight is 294 g/mol. The van der Waals surface area contributed by atoms with Gasteiger partial charge in [0.1, 0.15) is 6.33 Å². The first-order valence-corrected chi connectivity index (χ1v) is 6.70. The van der Waals surface area contributed by atoms with Crippen molar-refractivity contribution >= 4 is 23.2 Å². The second-order valence-electron chi connectivity index (χ2n) is 4.85. The number of nitrogens with zero attached hydrogens (tertiary/aromatic N) is 5. The van der Waals surface area contributed by atoms with Crippen molar-refractivity contribution in [2.24, 2.45) is 0 Å². The summed E-state index contributed by atoms with van der Waals surface area (Å²) in [4.78, 5) is 33.8. The van der Waals surface area contributed by atoms with Gasteiger partial charge in [0.05, 0.1) is 11.5 Å². The molecule has 0 radical (unpaired) electrons. The molecule has 9 nitrogen and oxygen atoms in total. The molecule has 0 aromatic carbocycles. The van der Waals surface area contributed by atoms with E-state index in [4.69, 9.17) is 0 Å². The van der Waals surface area contributed by atoms with Gasteiger partial charge in [0.25, 0.3) is 0 Å². The summed E-state index contributed by atoms with van der Waals surface area (Å²) < 4.78 is 0. The normalized spacial score (nSPS) is 14.1. The maximum Gasteiger partial charge on any atom is 0.353 e. The molecule has 0 unspecified atom stereocenters. The lowest BCUT2D eigenvalue weighted by atomic mass is 10.3. The number of anilines is 2. The molecular formula is C12H18N6O3. The van der Waals surface area contributed by atoms with Crippen LogP contribution < -0.4 is 10.2 Å². The summed E-state index contributed by atoms with van der Waals surface area (Å²) >= 11 is 0. The lowest BCUT2D eigenvalue weighted by Crippen LogP contribution is -2.37. The number of carbonyl (C=O) groups excluding carboxylic acids is 1. The van der Waals surface area contributed by atoms with Gasteiger partial charge in [-0.05, 0) is 12.8 Å². The Hall–Kier alpha value is -2.45. The van der Waals surface area contributed by atoms with E-state index >= 15 is 0 Å². The number of rotatable bonds is 5. The zero-order valence-corrected chi connectivity index (χ0v) is 12.1. The monoisotopic (exact) mass is 294 g/mol. The third-order valence-electron chi connectivity index (χ3n) is 3.42. The number of nitro groups is 1. The fourth-order valence-corrected chi connectivity index (χ4v) is 2.34. The summed E-state index contributed by atoms with van der Waals surface area (Å²) in [7, 11) is 3.16. The fourth-order valence-electron chi connectivity index (χ4n) is 2.34. The lowest BCUT2D eigenvalue weighted by molar-refractivity contribution is -0.383. The second kappa shape index (κ2) is 6.33. The highest BCUT2D eigenvalue weighted by molar-refractivity contribution is 5.83. The van der Waals surface area contributed by atoms with Crippen LogP contribution in [0.1, 0.15) is 12.8 Å². The van der Waals surface area contributed by atoms with Gasteiger partial charge in [-0.15, -0.1) is 0 Å². The molecule has 1 aromatic rings. The van der Waals surface area contributed by atoms with Crippen LogP contribution >= 0.6 is 0 Å². The van der Waals surface area contributed by atoms with E-state index in [-0.39, 0.29) is 29.8 Å².